The second kappa shape index (κ2) is 7.59. The number of carbonyl (C=O) groups is 4. The summed E-state index contributed by atoms with van der Waals surface area (Å²) in [6.45, 7) is 1.92. The van der Waals surface area contributed by atoms with E-state index in [4.69, 9.17) is 27.9 Å². The Kier molecular flexibility index (Phi) is 4.81. The first-order valence-corrected chi connectivity index (χ1v) is 11.8. The number of hydrogen-bond donors (Lipinski definition) is 0. The highest BCUT2D eigenvalue weighted by Gasteiger charge is 2.74. The number of hydrogen-bond acceptors (Lipinski definition) is 5. The van der Waals surface area contributed by atoms with Crippen molar-refractivity contribution >= 4 is 52.3 Å². The Balaban J connectivity index is 1.55. The van der Waals surface area contributed by atoms with Crippen LogP contribution >= 0.6 is 23.2 Å². The molecule has 3 aromatic rings. The van der Waals surface area contributed by atoms with Crippen LogP contribution in [0.5, 0.6) is 0 Å². The van der Waals surface area contributed by atoms with Crippen LogP contribution in [0.15, 0.2) is 66.7 Å². The molecule has 0 bridgehead atoms. The number of rotatable bonds is 2. The first kappa shape index (κ1) is 22.2. The lowest BCUT2D eigenvalue weighted by molar-refractivity contribution is -0.127. The molecular weight excluding hydrogens is 489 g/mol. The van der Waals surface area contributed by atoms with Gasteiger partial charge >= 0.3 is 0 Å². The average molecular weight is 506 g/mol. The molecule has 3 aliphatic rings. The molecule has 0 N–H and O–H groups in total. The normalized spacial score (nSPS) is 24.4. The van der Waals surface area contributed by atoms with Gasteiger partial charge in [-0.1, -0.05) is 77.3 Å². The maximum atomic E-state index is 13.9. The van der Waals surface area contributed by atoms with Crippen molar-refractivity contribution < 1.29 is 23.9 Å². The highest BCUT2D eigenvalue weighted by Crippen LogP contribution is 2.57. The Morgan fingerprint density at radius 3 is 1.94 bits per heavy atom. The molecule has 2 heterocycles. The van der Waals surface area contributed by atoms with E-state index in [1.165, 1.54) is 30.3 Å². The van der Waals surface area contributed by atoms with Crippen LogP contribution in [0.2, 0.25) is 10.0 Å². The fourth-order valence-corrected chi connectivity index (χ4v) is 6.01. The van der Waals surface area contributed by atoms with Crippen molar-refractivity contribution in [2.45, 2.75) is 18.6 Å². The minimum atomic E-state index is -2.12. The number of nitrogens with zero attached hydrogens (tertiary/aromatic N) is 1. The molecule has 0 radical (unpaired) electrons. The highest BCUT2D eigenvalue weighted by molar-refractivity contribution is 6.38. The average Bonchev–Trinajstić information content (AvgIpc) is 3.39. The summed E-state index contributed by atoms with van der Waals surface area (Å²) >= 11 is 12.3. The van der Waals surface area contributed by atoms with Gasteiger partial charge in [-0.2, -0.15) is 0 Å². The summed E-state index contributed by atoms with van der Waals surface area (Å²) in [5.41, 5.74) is 0.0256. The van der Waals surface area contributed by atoms with Gasteiger partial charge in [0.1, 0.15) is 0 Å². The van der Waals surface area contributed by atoms with Crippen LogP contribution in [-0.2, 0) is 14.3 Å². The predicted octanol–water partition coefficient (Wildman–Crippen LogP) is 5.00. The fraction of sp³-hybridized carbons (Fsp3) is 0.185. The zero-order valence-electron chi connectivity index (χ0n) is 18.3. The van der Waals surface area contributed by atoms with Crippen LogP contribution in [0.3, 0.4) is 0 Å². The number of fused-ring (bicyclic) bond motifs is 3. The van der Waals surface area contributed by atoms with Crippen molar-refractivity contribution in [3.8, 4) is 0 Å². The van der Waals surface area contributed by atoms with E-state index in [0.717, 1.165) is 10.5 Å². The summed E-state index contributed by atoms with van der Waals surface area (Å²) in [5, 5.41) is 0.485. The summed E-state index contributed by atoms with van der Waals surface area (Å²) in [7, 11) is 0. The van der Waals surface area contributed by atoms with E-state index in [1.54, 1.807) is 24.3 Å². The topological polar surface area (TPSA) is 80.8 Å². The molecule has 0 unspecified atom stereocenters. The molecule has 1 spiro atoms. The van der Waals surface area contributed by atoms with Crippen molar-refractivity contribution in [3.63, 3.8) is 0 Å². The third kappa shape index (κ3) is 2.94. The summed E-state index contributed by atoms with van der Waals surface area (Å²) in [5.74, 6) is -4.87. The van der Waals surface area contributed by atoms with Gasteiger partial charge in [0.15, 0.2) is 0 Å². The van der Waals surface area contributed by atoms with Crippen LogP contribution in [-0.4, -0.2) is 29.0 Å². The molecule has 2 saturated heterocycles. The van der Waals surface area contributed by atoms with Gasteiger partial charge in [0, 0.05) is 21.2 Å². The second-order valence-corrected chi connectivity index (χ2v) is 9.90. The number of amides is 2. The molecule has 8 heteroatoms. The number of Topliss-reactive ketones (excluding diaryl/α,β-unsaturated/α-hetero) is 2. The molecule has 0 aromatic heterocycles. The lowest BCUT2D eigenvalue weighted by atomic mass is 9.77. The van der Waals surface area contributed by atoms with Crippen LogP contribution < -0.4 is 4.90 Å². The van der Waals surface area contributed by atoms with Gasteiger partial charge in [-0.15, -0.1) is 0 Å². The first-order chi connectivity index (χ1) is 16.7. The van der Waals surface area contributed by atoms with Crippen molar-refractivity contribution in [1.82, 2.24) is 0 Å². The lowest BCUT2D eigenvalue weighted by Gasteiger charge is -2.27. The SMILES string of the molecule is Cc1ccc([C@@H]2OC3(C(=O)c4ccccc4C3=O)[C@H]3C(=O)N(c4cc(Cl)cc(Cl)c4)C(=O)[C@@H]23)cc1. The molecule has 3 aromatic carbocycles. The molecule has 2 amide bonds. The molecular formula is C27H17Cl2NO5. The Bertz CT molecular complexity index is 1410. The van der Waals surface area contributed by atoms with Crippen molar-refractivity contribution in [1.29, 1.82) is 0 Å². The Labute approximate surface area is 210 Å². The highest BCUT2D eigenvalue weighted by atomic mass is 35.5. The van der Waals surface area contributed by atoms with E-state index in [0.29, 0.717) is 5.56 Å². The van der Waals surface area contributed by atoms with E-state index in [-0.39, 0.29) is 26.9 Å². The van der Waals surface area contributed by atoms with Gasteiger partial charge in [0.25, 0.3) is 0 Å². The number of halogens is 2. The number of aryl methyl sites for hydroxylation is 1. The van der Waals surface area contributed by atoms with Crippen molar-refractivity contribution in [3.05, 3.63) is 99.0 Å². The number of ether oxygens (including phenoxy) is 1. The molecule has 35 heavy (non-hydrogen) atoms. The predicted molar refractivity (Wildman–Crippen MR) is 129 cm³/mol. The third-order valence-corrected chi connectivity index (χ3v) is 7.47. The largest absolute Gasteiger partial charge is 0.349 e. The van der Waals surface area contributed by atoms with Gasteiger partial charge in [0.05, 0.1) is 23.6 Å². The minimum absolute atomic E-state index is 0.181. The zero-order chi connectivity index (χ0) is 24.6. The summed E-state index contributed by atoms with van der Waals surface area (Å²) in [4.78, 5) is 56.2. The van der Waals surface area contributed by atoms with Gasteiger partial charge < -0.3 is 4.74 Å². The van der Waals surface area contributed by atoms with E-state index in [9.17, 15) is 19.2 Å². The number of carbonyl (C=O) groups excluding carboxylic acids is 4. The number of imide groups is 1. The lowest BCUT2D eigenvalue weighted by Crippen LogP contribution is -2.51. The van der Waals surface area contributed by atoms with Crippen LogP contribution in [0.25, 0.3) is 0 Å². The summed E-state index contributed by atoms with van der Waals surface area (Å²) < 4.78 is 6.26. The van der Waals surface area contributed by atoms with Crippen LogP contribution in [0.1, 0.15) is 37.9 Å². The van der Waals surface area contributed by atoms with Crippen LogP contribution in [0.4, 0.5) is 5.69 Å². The monoisotopic (exact) mass is 505 g/mol. The second-order valence-electron chi connectivity index (χ2n) is 9.03. The Hall–Kier alpha value is -3.32. The summed E-state index contributed by atoms with van der Waals surface area (Å²) in [6.07, 6.45) is -0.973. The molecule has 174 valence electrons. The quantitative estimate of drug-likeness (QED) is 0.361. The van der Waals surface area contributed by atoms with Crippen molar-refractivity contribution in [2.24, 2.45) is 11.8 Å². The standard InChI is InChI=1S/C27H17Cl2NO5/c1-13-6-8-14(9-7-13)22-20-21(26(34)30(25(20)33)17-11-15(28)10-16(29)12-17)27(35-22)23(31)18-4-2-3-5-19(18)24(27)32/h2-12,20-22H,1H3/t20-,21-,22+/m1/s1. The zero-order valence-corrected chi connectivity index (χ0v) is 19.8. The minimum Gasteiger partial charge on any atom is -0.349 e. The van der Waals surface area contributed by atoms with E-state index < -0.39 is 46.9 Å². The van der Waals surface area contributed by atoms with Crippen LogP contribution in [0, 0.1) is 18.8 Å². The molecule has 3 atom stereocenters. The van der Waals surface area contributed by atoms with Crippen molar-refractivity contribution in [2.75, 3.05) is 4.90 Å². The Morgan fingerprint density at radius 2 is 1.37 bits per heavy atom. The number of anilines is 1. The molecule has 6 nitrogen and oxygen atoms in total. The molecule has 1 aliphatic carbocycles. The molecule has 2 fully saturated rings. The molecule has 6 rings (SSSR count). The molecule has 0 saturated carbocycles. The van der Waals surface area contributed by atoms with Gasteiger partial charge in [0.2, 0.25) is 29.0 Å². The van der Waals surface area contributed by atoms with E-state index >= 15 is 0 Å². The smallest absolute Gasteiger partial charge is 0.241 e. The third-order valence-electron chi connectivity index (χ3n) is 7.03. The van der Waals surface area contributed by atoms with E-state index in [2.05, 4.69) is 0 Å². The van der Waals surface area contributed by atoms with Gasteiger partial charge in [-0.3, -0.25) is 19.2 Å². The first-order valence-electron chi connectivity index (χ1n) is 11.0. The number of ketones is 2. The summed E-state index contributed by atoms with van der Waals surface area (Å²) in [6, 6.07) is 18.0. The molecule has 2 aliphatic heterocycles. The number of benzene rings is 3. The van der Waals surface area contributed by atoms with E-state index in [1.807, 2.05) is 19.1 Å². The Morgan fingerprint density at radius 1 is 0.800 bits per heavy atom. The fourth-order valence-electron chi connectivity index (χ4n) is 5.50. The van der Waals surface area contributed by atoms with Gasteiger partial charge in [-0.05, 0) is 30.7 Å². The maximum absolute atomic E-state index is 13.9. The van der Waals surface area contributed by atoms with Gasteiger partial charge in [-0.25, -0.2) is 4.90 Å². The maximum Gasteiger partial charge on any atom is 0.241 e.